The van der Waals surface area contributed by atoms with Gasteiger partial charge in [-0.3, -0.25) is 4.79 Å². The first kappa shape index (κ1) is 17.9. The van der Waals surface area contributed by atoms with E-state index in [9.17, 15) is 4.79 Å². The summed E-state index contributed by atoms with van der Waals surface area (Å²) in [4.78, 5) is 12.1. The van der Waals surface area contributed by atoms with Crippen LogP contribution in [0.2, 0.25) is 0 Å². The molecule has 2 rings (SSSR count). The summed E-state index contributed by atoms with van der Waals surface area (Å²) in [6.07, 6.45) is 1.11. The van der Waals surface area contributed by atoms with Crippen LogP contribution >= 0.6 is 0 Å². The second-order valence-electron chi connectivity index (χ2n) is 5.67. The van der Waals surface area contributed by atoms with E-state index in [0.29, 0.717) is 26.1 Å². The van der Waals surface area contributed by atoms with Crippen LogP contribution in [-0.4, -0.2) is 19.1 Å². The molecular weight excluding hydrogens is 302 g/mol. The predicted molar refractivity (Wildman–Crippen MR) is 96.9 cm³/mol. The predicted octanol–water partition coefficient (Wildman–Crippen LogP) is 4.50. The van der Waals surface area contributed by atoms with Gasteiger partial charge in [0.15, 0.2) is 0 Å². The van der Waals surface area contributed by atoms with Gasteiger partial charge in [-0.2, -0.15) is 0 Å². The molecule has 128 valence electrons. The monoisotopic (exact) mass is 327 g/mol. The Bertz CT molecular complexity index is 645. The minimum Gasteiger partial charge on any atom is -0.494 e. The first-order valence-electron chi connectivity index (χ1n) is 8.32. The third kappa shape index (κ3) is 5.30. The SMILES string of the molecule is CCOc1ccc(OCCCC(=O)Nc2c(C)cccc2C)cc1. The normalized spacial score (nSPS) is 10.3. The molecule has 1 amide bonds. The minimum absolute atomic E-state index is 0.0164. The number of aryl methyl sites for hydroxylation is 2. The second kappa shape index (κ2) is 8.96. The Morgan fingerprint density at radius 3 is 2.12 bits per heavy atom. The van der Waals surface area contributed by atoms with Crippen molar-refractivity contribution in [2.24, 2.45) is 0 Å². The number of nitrogens with one attached hydrogen (secondary N) is 1. The summed E-state index contributed by atoms with van der Waals surface area (Å²) < 4.78 is 11.0. The van der Waals surface area contributed by atoms with E-state index in [4.69, 9.17) is 9.47 Å². The fraction of sp³-hybridized carbons (Fsp3) is 0.350. The zero-order valence-electron chi connectivity index (χ0n) is 14.6. The van der Waals surface area contributed by atoms with Crippen molar-refractivity contribution >= 4 is 11.6 Å². The third-order valence-electron chi connectivity index (χ3n) is 3.70. The van der Waals surface area contributed by atoms with Gasteiger partial charge < -0.3 is 14.8 Å². The van der Waals surface area contributed by atoms with Crippen molar-refractivity contribution in [2.75, 3.05) is 18.5 Å². The maximum Gasteiger partial charge on any atom is 0.224 e. The Labute approximate surface area is 143 Å². The van der Waals surface area contributed by atoms with E-state index < -0.39 is 0 Å². The van der Waals surface area contributed by atoms with Gasteiger partial charge in [0.2, 0.25) is 5.91 Å². The fourth-order valence-electron chi connectivity index (χ4n) is 2.44. The van der Waals surface area contributed by atoms with Gasteiger partial charge in [-0.15, -0.1) is 0 Å². The molecule has 0 spiro atoms. The Morgan fingerprint density at radius 1 is 0.958 bits per heavy atom. The Kier molecular flexibility index (Phi) is 6.67. The standard InChI is InChI=1S/C20H25NO3/c1-4-23-17-10-12-18(13-11-17)24-14-6-9-19(22)21-20-15(2)7-5-8-16(20)3/h5,7-8,10-13H,4,6,9,14H2,1-3H3,(H,21,22). The lowest BCUT2D eigenvalue weighted by atomic mass is 10.1. The number of anilines is 1. The van der Waals surface area contributed by atoms with Crippen LogP contribution in [0.4, 0.5) is 5.69 Å². The molecule has 2 aromatic carbocycles. The van der Waals surface area contributed by atoms with Gasteiger partial charge in [-0.25, -0.2) is 0 Å². The lowest BCUT2D eigenvalue weighted by Gasteiger charge is -2.11. The van der Waals surface area contributed by atoms with Crippen LogP contribution in [-0.2, 0) is 4.79 Å². The van der Waals surface area contributed by atoms with Crippen LogP contribution in [0, 0.1) is 13.8 Å². The van der Waals surface area contributed by atoms with Crippen LogP contribution in [0.3, 0.4) is 0 Å². The molecule has 2 aromatic rings. The van der Waals surface area contributed by atoms with E-state index in [1.54, 1.807) is 0 Å². The third-order valence-corrected chi connectivity index (χ3v) is 3.70. The molecule has 0 aliphatic heterocycles. The molecule has 0 fully saturated rings. The number of ether oxygens (including phenoxy) is 2. The topological polar surface area (TPSA) is 47.6 Å². The Hall–Kier alpha value is -2.49. The first-order chi connectivity index (χ1) is 11.6. The number of carbonyl (C=O) groups excluding carboxylic acids is 1. The number of carbonyl (C=O) groups is 1. The highest BCUT2D eigenvalue weighted by molar-refractivity contribution is 5.92. The maximum absolute atomic E-state index is 12.1. The van der Waals surface area contributed by atoms with Crippen molar-refractivity contribution in [3.05, 3.63) is 53.6 Å². The Morgan fingerprint density at radius 2 is 1.54 bits per heavy atom. The molecule has 1 N–H and O–H groups in total. The summed E-state index contributed by atoms with van der Waals surface area (Å²) in [5, 5.41) is 2.99. The molecule has 0 heterocycles. The molecule has 0 aliphatic carbocycles. The van der Waals surface area contributed by atoms with E-state index >= 15 is 0 Å². The van der Waals surface area contributed by atoms with E-state index in [-0.39, 0.29) is 5.91 Å². The maximum atomic E-state index is 12.1. The van der Waals surface area contributed by atoms with Crippen LogP contribution in [0.15, 0.2) is 42.5 Å². The van der Waals surface area contributed by atoms with E-state index in [1.165, 1.54) is 0 Å². The molecule has 0 bridgehead atoms. The molecule has 24 heavy (non-hydrogen) atoms. The fourth-order valence-corrected chi connectivity index (χ4v) is 2.44. The molecule has 4 nitrogen and oxygen atoms in total. The highest BCUT2D eigenvalue weighted by Crippen LogP contribution is 2.20. The summed E-state index contributed by atoms with van der Waals surface area (Å²) in [6.45, 7) is 7.10. The molecule has 0 aliphatic rings. The zero-order chi connectivity index (χ0) is 17.4. The molecular formula is C20H25NO3. The van der Waals surface area contributed by atoms with Crippen molar-refractivity contribution < 1.29 is 14.3 Å². The van der Waals surface area contributed by atoms with Gasteiger partial charge in [0.1, 0.15) is 11.5 Å². The second-order valence-corrected chi connectivity index (χ2v) is 5.67. The highest BCUT2D eigenvalue weighted by atomic mass is 16.5. The van der Waals surface area contributed by atoms with Crippen LogP contribution in [0.1, 0.15) is 30.9 Å². The highest BCUT2D eigenvalue weighted by Gasteiger charge is 2.07. The molecule has 0 aromatic heterocycles. The number of hydrogen-bond acceptors (Lipinski definition) is 3. The molecule has 0 saturated heterocycles. The van der Waals surface area contributed by atoms with E-state index in [2.05, 4.69) is 5.32 Å². The van der Waals surface area contributed by atoms with Gasteiger partial charge in [0.25, 0.3) is 0 Å². The molecule has 4 heteroatoms. The molecule has 0 saturated carbocycles. The van der Waals surface area contributed by atoms with Crippen molar-refractivity contribution in [2.45, 2.75) is 33.6 Å². The lowest BCUT2D eigenvalue weighted by molar-refractivity contribution is -0.116. The summed E-state index contributed by atoms with van der Waals surface area (Å²) >= 11 is 0. The largest absolute Gasteiger partial charge is 0.494 e. The number of hydrogen-bond donors (Lipinski definition) is 1. The van der Waals surface area contributed by atoms with Gasteiger partial charge in [-0.05, 0) is 62.6 Å². The van der Waals surface area contributed by atoms with Crippen molar-refractivity contribution in [1.82, 2.24) is 0 Å². The average molecular weight is 327 g/mol. The number of benzene rings is 2. The molecule has 0 unspecified atom stereocenters. The molecule has 0 radical (unpaired) electrons. The first-order valence-corrected chi connectivity index (χ1v) is 8.32. The zero-order valence-corrected chi connectivity index (χ0v) is 14.6. The van der Waals surface area contributed by atoms with E-state index in [1.807, 2.05) is 63.2 Å². The number of para-hydroxylation sites is 1. The summed E-state index contributed by atoms with van der Waals surface area (Å²) in [5.74, 6) is 1.63. The summed E-state index contributed by atoms with van der Waals surface area (Å²) in [7, 11) is 0. The van der Waals surface area contributed by atoms with Gasteiger partial charge in [0.05, 0.1) is 13.2 Å². The van der Waals surface area contributed by atoms with E-state index in [0.717, 1.165) is 28.3 Å². The van der Waals surface area contributed by atoms with Crippen LogP contribution in [0.25, 0.3) is 0 Å². The van der Waals surface area contributed by atoms with Gasteiger partial charge >= 0.3 is 0 Å². The smallest absolute Gasteiger partial charge is 0.224 e. The van der Waals surface area contributed by atoms with Gasteiger partial charge in [-0.1, -0.05) is 18.2 Å². The average Bonchev–Trinajstić information content (AvgIpc) is 2.57. The molecule has 0 atom stereocenters. The van der Waals surface area contributed by atoms with Crippen molar-refractivity contribution in [1.29, 1.82) is 0 Å². The minimum atomic E-state index is 0.0164. The number of rotatable bonds is 8. The van der Waals surface area contributed by atoms with Crippen molar-refractivity contribution in [3.63, 3.8) is 0 Å². The lowest BCUT2D eigenvalue weighted by Crippen LogP contribution is -2.14. The summed E-state index contributed by atoms with van der Waals surface area (Å²) in [5.41, 5.74) is 3.07. The quantitative estimate of drug-likeness (QED) is 0.726. The van der Waals surface area contributed by atoms with Crippen LogP contribution < -0.4 is 14.8 Å². The Balaban J connectivity index is 1.73. The summed E-state index contributed by atoms with van der Waals surface area (Å²) in [6, 6.07) is 13.5. The van der Waals surface area contributed by atoms with Crippen LogP contribution in [0.5, 0.6) is 11.5 Å². The number of amides is 1. The van der Waals surface area contributed by atoms with Gasteiger partial charge in [0, 0.05) is 12.1 Å². The van der Waals surface area contributed by atoms with Crippen molar-refractivity contribution in [3.8, 4) is 11.5 Å².